The summed E-state index contributed by atoms with van der Waals surface area (Å²) in [4.78, 5) is 0. The molecule has 86 valence electrons. The van der Waals surface area contributed by atoms with E-state index < -0.39 is 0 Å². The highest BCUT2D eigenvalue weighted by atomic mass is 32.2. The Morgan fingerprint density at radius 2 is 2.25 bits per heavy atom. The normalized spacial score (nSPS) is 9.81. The van der Waals surface area contributed by atoms with Gasteiger partial charge in [-0.05, 0) is 43.0 Å². The molecule has 4 heteroatoms. The smallest absolute Gasteiger partial charge is 0.124 e. The lowest BCUT2D eigenvalue weighted by atomic mass is 10.2. The molecular weight excluding hydrogens is 223 g/mol. The van der Waals surface area contributed by atoms with E-state index in [1.165, 1.54) is 12.1 Å². The summed E-state index contributed by atoms with van der Waals surface area (Å²) in [6.07, 6.45) is 4.29. The zero-order valence-corrected chi connectivity index (χ0v) is 10.1. The van der Waals surface area contributed by atoms with Crippen LogP contribution in [0.2, 0.25) is 0 Å². The van der Waals surface area contributed by atoms with Crippen LogP contribution < -0.4 is 5.32 Å². The van der Waals surface area contributed by atoms with Crippen molar-refractivity contribution in [3.8, 4) is 6.07 Å². The van der Waals surface area contributed by atoms with Crippen LogP contribution in [0.3, 0.4) is 0 Å². The molecule has 1 aromatic rings. The summed E-state index contributed by atoms with van der Waals surface area (Å²) < 4.78 is 12.8. The fourth-order valence-electron chi connectivity index (χ4n) is 1.36. The molecule has 0 aliphatic carbocycles. The van der Waals surface area contributed by atoms with Gasteiger partial charge in [0.05, 0.1) is 11.3 Å². The lowest BCUT2D eigenvalue weighted by Crippen LogP contribution is -2.03. The first-order valence-corrected chi connectivity index (χ1v) is 6.59. The summed E-state index contributed by atoms with van der Waals surface area (Å²) in [7, 11) is 0. The van der Waals surface area contributed by atoms with Crippen LogP contribution in [0.4, 0.5) is 10.1 Å². The molecule has 0 aliphatic heterocycles. The molecule has 1 N–H and O–H groups in total. The molecule has 0 saturated carbocycles. The molecule has 0 aromatic heterocycles. The molecule has 0 saturated heterocycles. The molecule has 0 atom stereocenters. The van der Waals surface area contributed by atoms with Crippen molar-refractivity contribution in [1.29, 1.82) is 5.26 Å². The molecule has 0 fully saturated rings. The van der Waals surface area contributed by atoms with Crippen molar-refractivity contribution in [2.75, 3.05) is 23.9 Å². The van der Waals surface area contributed by atoms with Gasteiger partial charge >= 0.3 is 0 Å². The third-order valence-electron chi connectivity index (χ3n) is 2.19. The number of unbranched alkanes of at least 4 members (excludes halogenated alkanes) is 1. The van der Waals surface area contributed by atoms with Crippen molar-refractivity contribution >= 4 is 17.4 Å². The Bertz CT molecular complexity index is 374. The first kappa shape index (κ1) is 12.9. The van der Waals surface area contributed by atoms with Crippen LogP contribution in [0, 0.1) is 17.1 Å². The lowest BCUT2D eigenvalue weighted by Gasteiger charge is -2.07. The lowest BCUT2D eigenvalue weighted by molar-refractivity contribution is 0.627. The van der Waals surface area contributed by atoms with E-state index in [9.17, 15) is 4.39 Å². The summed E-state index contributed by atoms with van der Waals surface area (Å²) in [6.45, 7) is 0.820. The predicted molar refractivity (Wildman–Crippen MR) is 67.2 cm³/mol. The second-order valence-corrected chi connectivity index (χ2v) is 4.41. The molecule has 1 rings (SSSR count). The number of anilines is 1. The van der Waals surface area contributed by atoms with E-state index in [1.54, 1.807) is 6.07 Å². The minimum Gasteiger partial charge on any atom is -0.384 e. The highest BCUT2D eigenvalue weighted by Crippen LogP contribution is 2.16. The molecule has 1 aromatic carbocycles. The van der Waals surface area contributed by atoms with E-state index in [-0.39, 0.29) is 5.82 Å². The van der Waals surface area contributed by atoms with Gasteiger partial charge in [0, 0.05) is 6.54 Å². The zero-order valence-electron chi connectivity index (χ0n) is 9.29. The summed E-state index contributed by atoms with van der Waals surface area (Å²) >= 11 is 1.83. The maximum absolute atomic E-state index is 12.8. The van der Waals surface area contributed by atoms with Crippen molar-refractivity contribution in [1.82, 2.24) is 0 Å². The van der Waals surface area contributed by atoms with E-state index in [1.807, 2.05) is 17.8 Å². The standard InChI is InChI=1S/C12H15FN2S/c1-16-7-3-2-6-15-12-5-4-11(13)8-10(12)9-14/h4-5,8,15H,2-3,6-7H2,1H3. The quantitative estimate of drug-likeness (QED) is 0.773. The second kappa shape index (κ2) is 7.13. The van der Waals surface area contributed by atoms with Crippen molar-refractivity contribution in [2.24, 2.45) is 0 Å². The largest absolute Gasteiger partial charge is 0.384 e. The molecule has 0 heterocycles. The summed E-state index contributed by atoms with van der Waals surface area (Å²) in [5.41, 5.74) is 1.08. The molecule has 2 nitrogen and oxygen atoms in total. The number of hydrogen-bond donors (Lipinski definition) is 1. The van der Waals surface area contributed by atoms with Gasteiger partial charge in [-0.15, -0.1) is 0 Å². The maximum atomic E-state index is 12.8. The molecule has 0 aliphatic rings. The number of nitrogens with zero attached hydrogens (tertiary/aromatic N) is 1. The molecular formula is C12H15FN2S. The minimum atomic E-state index is -0.371. The van der Waals surface area contributed by atoms with Crippen LogP contribution in [0.1, 0.15) is 18.4 Å². The molecule has 0 radical (unpaired) electrons. The van der Waals surface area contributed by atoms with Gasteiger partial charge in [-0.25, -0.2) is 4.39 Å². The van der Waals surface area contributed by atoms with Gasteiger partial charge in [0.2, 0.25) is 0 Å². The van der Waals surface area contributed by atoms with Crippen molar-refractivity contribution in [3.63, 3.8) is 0 Å². The Morgan fingerprint density at radius 3 is 2.94 bits per heavy atom. The minimum absolute atomic E-state index is 0.366. The third kappa shape index (κ3) is 4.11. The van der Waals surface area contributed by atoms with Crippen molar-refractivity contribution < 1.29 is 4.39 Å². The average molecular weight is 238 g/mol. The van der Waals surface area contributed by atoms with E-state index in [0.29, 0.717) is 11.3 Å². The number of benzene rings is 1. The predicted octanol–water partition coefficient (Wildman–Crippen LogP) is 3.25. The number of halogens is 1. The second-order valence-electron chi connectivity index (χ2n) is 3.43. The van der Waals surface area contributed by atoms with Crippen LogP contribution in [0.25, 0.3) is 0 Å². The first-order valence-electron chi connectivity index (χ1n) is 5.20. The fourth-order valence-corrected chi connectivity index (χ4v) is 1.85. The number of hydrogen-bond acceptors (Lipinski definition) is 3. The Hall–Kier alpha value is -1.21. The monoisotopic (exact) mass is 238 g/mol. The highest BCUT2D eigenvalue weighted by molar-refractivity contribution is 7.98. The van der Waals surface area contributed by atoms with E-state index >= 15 is 0 Å². The van der Waals surface area contributed by atoms with E-state index in [4.69, 9.17) is 5.26 Å². The van der Waals surface area contributed by atoms with Gasteiger partial charge in [-0.1, -0.05) is 0 Å². The highest BCUT2D eigenvalue weighted by Gasteiger charge is 2.02. The van der Waals surface area contributed by atoms with E-state index in [0.717, 1.165) is 25.1 Å². The summed E-state index contributed by atoms with van der Waals surface area (Å²) in [5, 5.41) is 12.0. The molecule has 16 heavy (non-hydrogen) atoms. The van der Waals surface area contributed by atoms with Gasteiger partial charge < -0.3 is 5.32 Å². The third-order valence-corrected chi connectivity index (χ3v) is 2.89. The topological polar surface area (TPSA) is 35.8 Å². The van der Waals surface area contributed by atoms with Crippen LogP contribution in [0.5, 0.6) is 0 Å². The Morgan fingerprint density at radius 1 is 1.44 bits per heavy atom. The van der Waals surface area contributed by atoms with Crippen LogP contribution in [0.15, 0.2) is 18.2 Å². The number of thioether (sulfide) groups is 1. The van der Waals surface area contributed by atoms with Gasteiger partial charge in [0.15, 0.2) is 0 Å². The van der Waals surface area contributed by atoms with Crippen LogP contribution in [-0.4, -0.2) is 18.6 Å². The summed E-state index contributed by atoms with van der Waals surface area (Å²) in [5.74, 6) is 0.778. The average Bonchev–Trinajstić information content (AvgIpc) is 2.30. The molecule has 0 bridgehead atoms. The van der Waals surface area contributed by atoms with Crippen LogP contribution >= 0.6 is 11.8 Å². The Kier molecular flexibility index (Phi) is 5.73. The number of rotatable bonds is 6. The number of nitriles is 1. The maximum Gasteiger partial charge on any atom is 0.124 e. The molecule has 0 amide bonds. The summed E-state index contributed by atoms with van der Waals surface area (Å²) in [6, 6.07) is 6.22. The van der Waals surface area contributed by atoms with Crippen molar-refractivity contribution in [2.45, 2.75) is 12.8 Å². The Labute approximate surface area is 99.9 Å². The van der Waals surface area contributed by atoms with Crippen molar-refractivity contribution in [3.05, 3.63) is 29.6 Å². The van der Waals surface area contributed by atoms with Crippen LogP contribution in [-0.2, 0) is 0 Å². The van der Waals surface area contributed by atoms with Gasteiger partial charge in [0.1, 0.15) is 11.9 Å². The molecule has 0 spiro atoms. The van der Waals surface area contributed by atoms with Gasteiger partial charge in [-0.2, -0.15) is 17.0 Å². The SMILES string of the molecule is CSCCCCNc1ccc(F)cc1C#N. The first-order chi connectivity index (χ1) is 7.77. The Balaban J connectivity index is 2.45. The molecule has 0 unspecified atom stereocenters. The number of nitrogens with one attached hydrogen (secondary N) is 1. The van der Waals surface area contributed by atoms with E-state index in [2.05, 4.69) is 11.6 Å². The van der Waals surface area contributed by atoms with Gasteiger partial charge in [-0.3, -0.25) is 0 Å². The zero-order chi connectivity index (χ0) is 11.8. The van der Waals surface area contributed by atoms with Gasteiger partial charge in [0.25, 0.3) is 0 Å². The fraction of sp³-hybridized carbons (Fsp3) is 0.417.